The topological polar surface area (TPSA) is 117 Å². The average molecular weight is 117 g/mol. The molecule has 0 atom stereocenters. The minimum absolute atomic E-state index is 0.602. The van der Waals surface area contributed by atoms with Crippen LogP contribution >= 0.6 is 0 Å². The molecule has 0 aromatic heterocycles. The molecule has 0 aromatic rings. The Morgan fingerprint density at radius 3 is 1.62 bits per heavy atom. The summed E-state index contributed by atoms with van der Waals surface area (Å²) < 4.78 is 0. The van der Waals surface area contributed by atoms with Gasteiger partial charge in [-0.1, -0.05) is 0 Å². The predicted octanol–water partition coefficient (Wildman–Crippen LogP) is -1.83. The molecule has 6 heteroatoms. The van der Waals surface area contributed by atoms with E-state index in [2.05, 4.69) is 18.3 Å². The summed E-state index contributed by atoms with van der Waals surface area (Å²) >= 11 is 0. The number of hydrogen-bond acceptors (Lipinski definition) is 4. The molecule has 0 fully saturated rings. The van der Waals surface area contributed by atoms with Crippen molar-refractivity contribution in [3.63, 3.8) is 0 Å². The molecule has 0 unspecified atom stereocenters. The standard InChI is InChI=1S/CH6N4O.CHN/c2-4-1(6)5-3;1-2/h2-3H2,(H2,4,5,6);1H. The summed E-state index contributed by atoms with van der Waals surface area (Å²) in [5, 5.41) is 6.50. The van der Waals surface area contributed by atoms with Crippen LogP contribution in [-0.2, 0) is 0 Å². The Hall–Kier alpha value is -1.32. The lowest BCUT2D eigenvalue weighted by Gasteiger charge is -1.90. The molecule has 0 radical (unpaired) electrons. The Morgan fingerprint density at radius 2 is 1.62 bits per heavy atom. The quantitative estimate of drug-likeness (QED) is 0.169. The first-order chi connectivity index (χ1) is 3.81. The Labute approximate surface area is 46.4 Å². The van der Waals surface area contributed by atoms with Crippen LogP contribution in [0.4, 0.5) is 4.79 Å². The van der Waals surface area contributed by atoms with E-state index in [1.165, 1.54) is 0 Å². The third kappa shape index (κ3) is 8.82. The Kier molecular flexibility index (Phi) is 11.3. The molecule has 0 aliphatic carbocycles. The zero-order valence-electron chi connectivity index (χ0n) is 4.09. The van der Waals surface area contributed by atoms with E-state index in [0.717, 1.165) is 0 Å². The Balaban J connectivity index is 0. The van der Waals surface area contributed by atoms with Crippen LogP contribution in [0.15, 0.2) is 0 Å². The molecular formula is C2H7N5O. The van der Waals surface area contributed by atoms with E-state index in [0.29, 0.717) is 0 Å². The van der Waals surface area contributed by atoms with Crippen molar-refractivity contribution >= 4 is 6.03 Å². The fraction of sp³-hybridized carbons (Fsp3) is 0. The van der Waals surface area contributed by atoms with Crippen molar-refractivity contribution in [1.29, 1.82) is 5.26 Å². The van der Waals surface area contributed by atoms with Gasteiger partial charge in [-0.3, -0.25) is 10.9 Å². The molecule has 0 bridgehead atoms. The van der Waals surface area contributed by atoms with Crippen LogP contribution in [0.5, 0.6) is 0 Å². The van der Waals surface area contributed by atoms with Gasteiger partial charge in [-0.05, 0) is 0 Å². The Bertz CT molecular complexity index is 71.7. The largest absolute Gasteiger partial charge is 0.343 e. The second-order valence-electron chi connectivity index (χ2n) is 0.618. The van der Waals surface area contributed by atoms with Gasteiger partial charge in [-0.2, -0.15) is 0 Å². The van der Waals surface area contributed by atoms with Crippen LogP contribution < -0.4 is 22.5 Å². The van der Waals surface area contributed by atoms with Crippen molar-refractivity contribution in [3.05, 3.63) is 0 Å². The first kappa shape index (κ1) is 9.84. The molecule has 0 aliphatic rings. The summed E-state index contributed by atoms with van der Waals surface area (Å²) in [6.07, 6.45) is 0. The number of nitrogens with two attached hydrogens (primary N) is 2. The highest BCUT2D eigenvalue weighted by Crippen LogP contribution is 1.42. The van der Waals surface area contributed by atoms with Gasteiger partial charge in [0.15, 0.2) is 0 Å². The number of hydrazine groups is 2. The van der Waals surface area contributed by atoms with E-state index in [4.69, 9.17) is 5.26 Å². The van der Waals surface area contributed by atoms with E-state index in [9.17, 15) is 4.79 Å². The number of nitriles is 1. The normalized spacial score (nSPS) is 5.50. The van der Waals surface area contributed by atoms with E-state index in [-0.39, 0.29) is 0 Å². The number of hydrogen-bond donors (Lipinski definition) is 4. The van der Waals surface area contributed by atoms with Gasteiger partial charge in [0.1, 0.15) is 0 Å². The van der Waals surface area contributed by atoms with Crippen LogP contribution in [0.25, 0.3) is 0 Å². The number of nitrogens with zero attached hydrogens (tertiary/aromatic N) is 1. The smallest absolute Gasteiger partial charge is 0.275 e. The van der Waals surface area contributed by atoms with Crippen molar-refractivity contribution < 1.29 is 4.79 Å². The highest BCUT2D eigenvalue weighted by molar-refractivity contribution is 5.72. The minimum Gasteiger partial charge on any atom is -0.275 e. The van der Waals surface area contributed by atoms with Crippen LogP contribution in [0.3, 0.4) is 0 Å². The SMILES string of the molecule is C#N.NNC(=O)NN. The molecule has 8 heavy (non-hydrogen) atoms. The number of carbonyl (C=O) groups excluding carboxylic acids is 1. The predicted molar refractivity (Wildman–Crippen MR) is 26.7 cm³/mol. The highest BCUT2D eigenvalue weighted by Gasteiger charge is 1.82. The van der Waals surface area contributed by atoms with E-state index in [1.807, 2.05) is 0 Å². The van der Waals surface area contributed by atoms with Gasteiger partial charge in [0, 0.05) is 6.57 Å². The summed E-state index contributed by atoms with van der Waals surface area (Å²) in [7, 11) is 0. The molecule has 0 saturated carbocycles. The van der Waals surface area contributed by atoms with E-state index in [1.54, 1.807) is 10.9 Å². The number of nitrogens with one attached hydrogen (secondary N) is 2. The lowest BCUT2D eigenvalue weighted by molar-refractivity contribution is 0.241. The molecule has 0 aromatic carbocycles. The molecule has 0 aliphatic heterocycles. The monoisotopic (exact) mass is 117 g/mol. The lowest BCUT2D eigenvalue weighted by Crippen LogP contribution is -2.43. The van der Waals surface area contributed by atoms with Crippen LogP contribution in [0.2, 0.25) is 0 Å². The fourth-order valence-corrected chi connectivity index (χ4v) is 0.0417. The van der Waals surface area contributed by atoms with Gasteiger partial charge in [0.2, 0.25) is 0 Å². The molecule has 0 spiro atoms. The molecule has 0 heterocycles. The number of urea groups is 1. The van der Waals surface area contributed by atoms with E-state index < -0.39 is 6.03 Å². The zero-order chi connectivity index (χ0) is 6.99. The number of rotatable bonds is 0. The molecule has 0 saturated heterocycles. The second-order valence-corrected chi connectivity index (χ2v) is 0.618. The zero-order valence-corrected chi connectivity index (χ0v) is 4.09. The third-order valence-corrected chi connectivity index (χ3v) is 0.262. The van der Waals surface area contributed by atoms with Crippen LogP contribution in [-0.4, -0.2) is 6.03 Å². The maximum Gasteiger partial charge on any atom is 0.343 e. The van der Waals surface area contributed by atoms with Crippen molar-refractivity contribution in [2.24, 2.45) is 11.7 Å². The van der Waals surface area contributed by atoms with Crippen molar-refractivity contribution in [1.82, 2.24) is 10.9 Å². The molecule has 0 rings (SSSR count). The van der Waals surface area contributed by atoms with E-state index >= 15 is 0 Å². The molecule has 6 nitrogen and oxygen atoms in total. The minimum atomic E-state index is -0.602. The summed E-state index contributed by atoms with van der Waals surface area (Å²) in [6, 6.07) is -0.602. The summed E-state index contributed by atoms with van der Waals surface area (Å²) in [5.74, 6) is 9.08. The molecule has 6 N–H and O–H groups in total. The second kappa shape index (κ2) is 9.19. The lowest BCUT2D eigenvalue weighted by atomic mass is 11.1. The van der Waals surface area contributed by atoms with Gasteiger partial charge in [-0.15, -0.1) is 0 Å². The maximum atomic E-state index is 9.71. The highest BCUT2D eigenvalue weighted by atomic mass is 16.2. The first-order valence-electron chi connectivity index (χ1n) is 1.54. The fourth-order valence-electron chi connectivity index (χ4n) is 0.0417. The summed E-state index contributed by atoms with van der Waals surface area (Å²) in [6.45, 7) is 3.50. The van der Waals surface area contributed by atoms with Crippen LogP contribution in [0, 0.1) is 11.8 Å². The van der Waals surface area contributed by atoms with Crippen molar-refractivity contribution in [2.75, 3.05) is 0 Å². The van der Waals surface area contributed by atoms with Gasteiger partial charge >= 0.3 is 6.03 Å². The number of amides is 2. The van der Waals surface area contributed by atoms with Crippen LogP contribution in [0.1, 0.15) is 0 Å². The summed E-state index contributed by atoms with van der Waals surface area (Å²) in [5.41, 5.74) is 3.48. The van der Waals surface area contributed by atoms with Crippen molar-refractivity contribution in [2.45, 2.75) is 0 Å². The third-order valence-electron chi connectivity index (χ3n) is 0.262. The van der Waals surface area contributed by atoms with Gasteiger partial charge in [-0.25, -0.2) is 21.7 Å². The maximum absolute atomic E-state index is 9.71. The van der Waals surface area contributed by atoms with Gasteiger partial charge < -0.3 is 0 Å². The first-order valence-corrected chi connectivity index (χ1v) is 1.54. The van der Waals surface area contributed by atoms with Gasteiger partial charge in [0.05, 0.1) is 0 Å². The van der Waals surface area contributed by atoms with Gasteiger partial charge in [0.25, 0.3) is 0 Å². The number of carbonyl (C=O) groups is 1. The molecule has 2 amide bonds. The average Bonchev–Trinajstić information content (AvgIpc) is 1.91. The summed E-state index contributed by atoms with van der Waals surface area (Å²) in [4.78, 5) is 9.71. The molecular weight excluding hydrogens is 110 g/mol. The Morgan fingerprint density at radius 1 is 1.38 bits per heavy atom. The molecule has 46 valence electrons. The van der Waals surface area contributed by atoms with Crippen molar-refractivity contribution in [3.8, 4) is 6.57 Å².